The quantitative estimate of drug-likeness (QED) is 0.932. The van der Waals surface area contributed by atoms with Crippen LogP contribution in [0.2, 0.25) is 0 Å². The van der Waals surface area contributed by atoms with Gasteiger partial charge >= 0.3 is 0 Å². The minimum atomic E-state index is -0.164. The van der Waals surface area contributed by atoms with Crippen LogP contribution >= 0.6 is 0 Å². The molecule has 0 aromatic heterocycles. The van der Waals surface area contributed by atoms with Crippen LogP contribution in [0.1, 0.15) is 28.8 Å². The highest BCUT2D eigenvalue weighted by molar-refractivity contribution is 6.05. The van der Waals surface area contributed by atoms with E-state index in [1.54, 1.807) is 19.2 Å². The summed E-state index contributed by atoms with van der Waals surface area (Å²) in [4.78, 5) is 26.7. The topological polar surface area (TPSA) is 58.6 Å². The van der Waals surface area contributed by atoms with Gasteiger partial charge in [-0.3, -0.25) is 9.59 Å². The van der Waals surface area contributed by atoms with Crippen molar-refractivity contribution in [3.63, 3.8) is 0 Å². The summed E-state index contributed by atoms with van der Waals surface area (Å²) >= 11 is 0. The second-order valence-corrected chi connectivity index (χ2v) is 6.54. The van der Waals surface area contributed by atoms with Gasteiger partial charge in [-0.15, -0.1) is 0 Å². The molecule has 4 rings (SSSR count). The molecule has 128 valence electrons. The SMILES string of the molecule is COc1cccc(NC(=O)c2ccc3c(c2)CCN3C(=O)C2CC2)c1. The van der Waals surface area contributed by atoms with E-state index in [4.69, 9.17) is 4.74 Å². The van der Waals surface area contributed by atoms with Crippen LogP contribution in [0.15, 0.2) is 42.5 Å². The molecule has 2 amide bonds. The van der Waals surface area contributed by atoms with Gasteiger partial charge in [0.05, 0.1) is 7.11 Å². The number of hydrogen-bond acceptors (Lipinski definition) is 3. The first-order valence-electron chi connectivity index (χ1n) is 8.55. The first kappa shape index (κ1) is 15.7. The summed E-state index contributed by atoms with van der Waals surface area (Å²) in [7, 11) is 1.59. The van der Waals surface area contributed by atoms with Gasteiger partial charge in [-0.2, -0.15) is 0 Å². The van der Waals surface area contributed by atoms with Crippen molar-refractivity contribution in [3.05, 3.63) is 53.6 Å². The van der Waals surface area contributed by atoms with Crippen LogP contribution in [0.25, 0.3) is 0 Å². The van der Waals surface area contributed by atoms with Crippen LogP contribution < -0.4 is 15.0 Å². The normalized spacial score (nSPS) is 15.6. The Balaban J connectivity index is 1.51. The summed E-state index contributed by atoms with van der Waals surface area (Å²) in [6.45, 7) is 0.714. The van der Waals surface area contributed by atoms with Crippen molar-refractivity contribution in [3.8, 4) is 5.75 Å². The molecular weight excluding hydrogens is 316 g/mol. The van der Waals surface area contributed by atoms with Crippen LogP contribution in [0.3, 0.4) is 0 Å². The Kier molecular flexibility index (Phi) is 3.92. The third-order valence-corrected chi connectivity index (χ3v) is 4.76. The van der Waals surface area contributed by atoms with Gasteiger partial charge in [-0.1, -0.05) is 6.07 Å². The Bertz CT molecular complexity index is 843. The van der Waals surface area contributed by atoms with Gasteiger partial charge < -0.3 is 15.0 Å². The molecule has 2 aliphatic rings. The number of fused-ring (bicyclic) bond motifs is 1. The Labute approximate surface area is 146 Å². The molecule has 0 spiro atoms. The molecule has 0 unspecified atom stereocenters. The van der Waals surface area contributed by atoms with Gasteiger partial charge in [0.1, 0.15) is 5.75 Å². The summed E-state index contributed by atoms with van der Waals surface area (Å²) in [5.74, 6) is 0.971. The number of ether oxygens (including phenoxy) is 1. The van der Waals surface area contributed by atoms with Gasteiger partial charge in [-0.05, 0) is 55.2 Å². The van der Waals surface area contributed by atoms with E-state index in [-0.39, 0.29) is 17.7 Å². The predicted molar refractivity (Wildman–Crippen MR) is 96.2 cm³/mol. The number of benzene rings is 2. The van der Waals surface area contributed by atoms with Gasteiger partial charge in [0.25, 0.3) is 5.91 Å². The molecule has 2 aromatic carbocycles. The van der Waals surface area contributed by atoms with E-state index in [0.29, 0.717) is 23.5 Å². The van der Waals surface area contributed by atoms with E-state index in [0.717, 1.165) is 30.5 Å². The highest BCUT2D eigenvalue weighted by Gasteiger charge is 2.36. The number of nitrogens with zero attached hydrogens (tertiary/aromatic N) is 1. The number of methoxy groups -OCH3 is 1. The number of amides is 2. The van der Waals surface area contributed by atoms with Crippen LogP contribution in [-0.4, -0.2) is 25.5 Å². The van der Waals surface area contributed by atoms with E-state index in [2.05, 4.69) is 5.32 Å². The lowest BCUT2D eigenvalue weighted by Gasteiger charge is -2.17. The number of carbonyl (C=O) groups excluding carboxylic acids is 2. The van der Waals surface area contributed by atoms with Crippen molar-refractivity contribution >= 4 is 23.2 Å². The predicted octanol–water partition coefficient (Wildman–Crippen LogP) is 3.25. The largest absolute Gasteiger partial charge is 0.497 e. The van der Waals surface area contributed by atoms with Crippen LogP contribution in [0, 0.1) is 5.92 Å². The zero-order chi connectivity index (χ0) is 17.4. The zero-order valence-corrected chi connectivity index (χ0v) is 14.1. The average molecular weight is 336 g/mol. The van der Waals surface area contributed by atoms with Gasteiger partial charge in [0, 0.05) is 35.5 Å². The number of hydrogen-bond donors (Lipinski definition) is 1. The summed E-state index contributed by atoms with van der Waals surface area (Å²) in [6.07, 6.45) is 2.81. The van der Waals surface area contributed by atoms with Gasteiger partial charge in [0.15, 0.2) is 0 Å². The lowest BCUT2D eigenvalue weighted by atomic mass is 10.1. The Hall–Kier alpha value is -2.82. The minimum absolute atomic E-state index is 0.164. The average Bonchev–Trinajstić information content (AvgIpc) is 3.40. The fraction of sp³-hybridized carbons (Fsp3) is 0.300. The lowest BCUT2D eigenvalue weighted by molar-refractivity contribution is -0.119. The molecule has 0 saturated heterocycles. The second-order valence-electron chi connectivity index (χ2n) is 6.54. The van der Waals surface area contributed by atoms with Gasteiger partial charge in [-0.25, -0.2) is 0 Å². The molecule has 2 aromatic rings. The van der Waals surface area contributed by atoms with Crippen LogP contribution in [-0.2, 0) is 11.2 Å². The molecular formula is C20H20N2O3. The Morgan fingerprint density at radius 2 is 2.00 bits per heavy atom. The molecule has 25 heavy (non-hydrogen) atoms. The molecule has 5 nitrogen and oxygen atoms in total. The van der Waals surface area contributed by atoms with Crippen LogP contribution in [0.5, 0.6) is 5.75 Å². The number of anilines is 2. The van der Waals surface area contributed by atoms with Crippen molar-refractivity contribution < 1.29 is 14.3 Å². The summed E-state index contributed by atoms with van der Waals surface area (Å²) in [6, 6.07) is 12.8. The zero-order valence-electron chi connectivity index (χ0n) is 14.1. The van der Waals surface area contributed by atoms with Crippen molar-refractivity contribution in [2.75, 3.05) is 23.9 Å². The van der Waals surface area contributed by atoms with Crippen molar-refractivity contribution in [1.29, 1.82) is 0 Å². The minimum Gasteiger partial charge on any atom is -0.497 e. The van der Waals surface area contributed by atoms with E-state index >= 15 is 0 Å². The van der Waals surface area contributed by atoms with Crippen molar-refractivity contribution in [2.24, 2.45) is 5.92 Å². The molecule has 1 heterocycles. The highest BCUT2D eigenvalue weighted by Crippen LogP contribution is 2.36. The molecule has 5 heteroatoms. The van der Waals surface area contributed by atoms with E-state index in [1.165, 1.54) is 0 Å². The van der Waals surface area contributed by atoms with E-state index in [9.17, 15) is 9.59 Å². The molecule has 0 bridgehead atoms. The van der Waals surface area contributed by atoms with Crippen LogP contribution in [0.4, 0.5) is 11.4 Å². The standard InChI is InChI=1S/C20H20N2O3/c1-25-17-4-2-3-16(12-17)21-19(23)15-7-8-18-14(11-15)9-10-22(18)20(24)13-5-6-13/h2-4,7-8,11-13H,5-6,9-10H2,1H3,(H,21,23). The number of nitrogens with one attached hydrogen (secondary N) is 1. The molecule has 1 aliphatic heterocycles. The molecule has 1 N–H and O–H groups in total. The van der Waals surface area contributed by atoms with Crippen molar-refractivity contribution in [2.45, 2.75) is 19.3 Å². The highest BCUT2D eigenvalue weighted by atomic mass is 16.5. The molecule has 0 radical (unpaired) electrons. The maximum atomic E-state index is 12.5. The fourth-order valence-electron chi connectivity index (χ4n) is 3.23. The maximum absolute atomic E-state index is 12.5. The number of rotatable bonds is 4. The van der Waals surface area contributed by atoms with E-state index in [1.807, 2.05) is 35.2 Å². The first-order valence-corrected chi connectivity index (χ1v) is 8.55. The molecule has 0 atom stereocenters. The molecule has 1 saturated carbocycles. The van der Waals surface area contributed by atoms with Gasteiger partial charge in [0.2, 0.25) is 5.91 Å². The third-order valence-electron chi connectivity index (χ3n) is 4.76. The Morgan fingerprint density at radius 3 is 2.76 bits per heavy atom. The Morgan fingerprint density at radius 1 is 1.16 bits per heavy atom. The molecule has 1 aliphatic carbocycles. The summed E-state index contributed by atoms with van der Waals surface area (Å²) in [5, 5.41) is 2.89. The van der Waals surface area contributed by atoms with E-state index < -0.39 is 0 Å². The number of carbonyl (C=O) groups is 2. The second kappa shape index (κ2) is 6.24. The molecule has 1 fully saturated rings. The summed E-state index contributed by atoms with van der Waals surface area (Å²) < 4.78 is 5.17. The van der Waals surface area contributed by atoms with Crippen molar-refractivity contribution in [1.82, 2.24) is 0 Å². The maximum Gasteiger partial charge on any atom is 0.255 e. The summed E-state index contributed by atoms with van der Waals surface area (Å²) in [5.41, 5.74) is 3.31. The monoisotopic (exact) mass is 336 g/mol. The smallest absolute Gasteiger partial charge is 0.255 e. The fourth-order valence-corrected chi connectivity index (χ4v) is 3.23. The third kappa shape index (κ3) is 3.09. The lowest BCUT2D eigenvalue weighted by Crippen LogP contribution is -2.30. The first-order chi connectivity index (χ1) is 12.2.